The van der Waals surface area contributed by atoms with Gasteiger partial charge in [0.15, 0.2) is 0 Å². The van der Waals surface area contributed by atoms with Gasteiger partial charge < -0.3 is 0 Å². The number of hydrogen-bond acceptors (Lipinski definition) is 2. The van der Waals surface area contributed by atoms with Crippen molar-refractivity contribution >= 4 is 6.08 Å². The first-order valence-corrected chi connectivity index (χ1v) is 5.60. The van der Waals surface area contributed by atoms with E-state index in [0.717, 1.165) is 12.8 Å². The number of aryl methyl sites for hydroxylation is 3. The number of fused-ring (bicyclic) bond motifs is 2. The molecule has 0 bridgehead atoms. The molecule has 0 heterocycles. The van der Waals surface area contributed by atoms with Crippen molar-refractivity contribution in [2.24, 2.45) is 4.99 Å². The van der Waals surface area contributed by atoms with Gasteiger partial charge in [0.05, 0.1) is 6.04 Å². The van der Waals surface area contributed by atoms with Crippen molar-refractivity contribution in [1.82, 2.24) is 0 Å². The molecule has 0 saturated carbocycles. The van der Waals surface area contributed by atoms with Crippen LogP contribution in [-0.2, 0) is 24.1 Å². The van der Waals surface area contributed by atoms with Gasteiger partial charge in [0.1, 0.15) is 0 Å². The fourth-order valence-electron chi connectivity index (χ4n) is 2.87. The van der Waals surface area contributed by atoms with Gasteiger partial charge in [-0.15, -0.1) is 0 Å². The summed E-state index contributed by atoms with van der Waals surface area (Å²) < 4.78 is 0. The lowest BCUT2D eigenvalue weighted by atomic mass is 10.0. The second-order valence-electron chi connectivity index (χ2n) is 4.45. The Kier molecular flexibility index (Phi) is 1.96. The van der Waals surface area contributed by atoms with Crippen LogP contribution < -0.4 is 0 Å². The lowest BCUT2D eigenvalue weighted by Gasteiger charge is -2.07. The fourth-order valence-corrected chi connectivity index (χ4v) is 2.87. The molecule has 15 heavy (non-hydrogen) atoms. The van der Waals surface area contributed by atoms with Crippen LogP contribution >= 0.6 is 0 Å². The Bertz CT molecular complexity index is 458. The molecule has 1 unspecified atom stereocenters. The van der Waals surface area contributed by atoms with E-state index in [2.05, 4.69) is 17.1 Å². The molecule has 3 rings (SSSR count). The molecular formula is C13H13NO. The van der Waals surface area contributed by atoms with E-state index >= 15 is 0 Å². The summed E-state index contributed by atoms with van der Waals surface area (Å²) in [5, 5.41) is 0. The largest absolute Gasteiger partial charge is 0.235 e. The van der Waals surface area contributed by atoms with Gasteiger partial charge in [-0.1, -0.05) is 12.1 Å². The quantitative estimate of drug-likeness (QED) is 0.504. The lowest BCUT2D eigenvalue weighted by Crippen LogP contribution is -1.92. The van der Waals surface area contributed by atoms with Gasteiger partial charge in [-0.3, -0.25) is 0 Å². The summed E-state index contributed by atoms with van der Waals surface area (Å²) in [5.74, 6) is 0. The smallest absolute Gasteiger partial charge is 0.211 e. The monoisotopic (exact) mass is 199 g/mol. The van der Waals surface area contributed by atoms with E-state index in [4.69, 9.17) is 0 Å². The van der Waals surface area contributed by atoms with Gasteiger partial charge in [0.25, 0.3) is 0 Å². The van der Waals surface area contributed by atoms with Crippen LogP contribution in [0.25, 0.3) is 0 Å². The molecule has 0 radical (unpaired) electrons. The SMILES string of the molecule is O=C=NC1CCc2cc3c(cc21)CCC3. The van der Waals surface area contributed by atoms with Gasteiger partial charge in [0.2, 0.25) is 6.08 Å². The zero-order valence-electron chi connectivity index (χ0n) is 8.62. The minimum Gasteiger partial charge on any atom is -0.211 e. The topological polar surface area (TPSA) is 29.4 Å². The van der Waals surface area contributed by atoms with Crippen LogP contribution in [0.1, 0.15) is 41.1 Å². The van der Waals surface area contributed by atoms with Crippen molar-refractivity contribution in [3.8, 4) is 0 Å². The third-order valence-corrected chi connectivity index (χ3v) is 3.61. The summed E-state index contributed by atoms with van der Waals surface area (Å²) >= 11 is 0. The molecule has 0 aliphatic heterocycles. The molecule has 0 aromatic heterocycles. The van der Waals surface area contributed by atoms with Crippen molar-refractivity contribution in [2.75, 3.05) is 0 Å². The molecule has 0 spiro atoms. The molecule has 0 saturated heterocycles. The summed E-state index contributed by atoms with van der Waals surface area (Å²) in [5.41, 5.74) is 5.67. The molecule has 0 fully saturated rings. The van der Waals surface area contributed by atoms with E-state index in [1.165, 1.54) is 41.5 Å². The summed E-state index contributed by atoms with van der Waals surface area (Å²) in [7, 11) is 0. The highest BCUT2D eigenvalue weighted by atomic mass is 16.1. The minimum atomic E-state index is 0.0865. The molecule has 1 atom stereocenters. The third kappa shape index (κ3) is 1.33. The van der Waals surface area contributed by atoms with Crippen LogP contribution in [0.15, 0.2) is 17.1 Å². The molecule has 2 heteroatoms. The normalized spacial score (nSPS) is 22.0. The van der Waals surface area contributed by atoms with Gasteiger partial charge in [0, 0.05) is 0 Å². The van der Waals surface area contributed by atoms with E-state index in [9.17, 15) is 4.79 Å². The highest BCUT2D eigenvalue weighted by molar-refractivity contribution is 5.46. The lowest BCUT2D eigenvalue weighted by molar-refractivity contribution is 0.557. The molecule has 1 aromatic carbocycles. The summed E-state index contributed by atoms with van der Waals surface area (Å²) in [6.07, 6.45) is 7.44. The van der Waals surface area contributed by atoms with E-state index < -0.39 is 0 Å². The minimum absolute atomic E-state index is 0.0865. The molecular weight excluding hydrogens is 186 g/mol. The summed E-state index contributed by atoms with van der Waals surface area (Å²) in [4.78, 5) is 14.2. The molecule has 2 nitrogen and oxygen atoms in total. The maximum absolute atomic E-state index is 10.3. The number of nitrogens with zero attached hydrogens (tertiary/aromatic N) is 1. The maximum atomic E-state index is 10.3. The number of benzene rings is 1. The molecule has 0 amide bonds. The molecule has 0 N–H and O–H groups in total. The van der Waals surface area contributed by atoms with E-state index in [1.54, 1.807) is 6.08 Å². The van der Waals surface area contributed by atoms with E-state index in [-0.39, 0.29) is 6.04 Å². The number of rotatable bonds is 1. The van der Waals surface area contributed by atoms with Crippen molar-refractivity contribution in [3.05, 3.63) is 34.4 Å². The van der Waals surface area contributed by atoms with Crippen LogP contribution in [0, 0.1) is 0 Å². The Labute approximate surface area is 89.0 Å². The van der Waals surface area contributed by atoms with Crippen LogP contribution in [0.4, 0.5) is 0 Å². The van der Waals surface area contributed by atoms with Gasteiger partial charge in [-0.05, 0) is 54.4 Å². The number of carbonyl (C=O) groups excluding carboxylic acids is 1. The Hall–Kier alpha value is -1.40. The number of aliphatic imine (C=N–C) groups is 1. The summed E-state index contributed by atoms with van der Waals surface area (Å²) in [6.45, 7) is 0. The van der Waals surface area contributed by atoms with E-state index in [1.807, 2.05) is 0 Å². The molecule has 1 aromatic rings. The first kappa shape index (κ1) is 8.87. The van der Waals surface area contributed by atoms with Crippen molar-refractivity contribution in [1.29, 1.82) is 0 Å². The maximum Gasteiger partial charge on any atom is 0.235 e. The highest BCUT2D eigenvalue weighted by Crippen LogP contribution is 2.37. The standard InChI is InChI=1S/C13H13NO/c15-8-14-13-5-4-11-6-9-2-1-3-10(9)7-12(11)13/h6-7,13H,1-5H2. The second-order valence-corrected chi connectivity index (χ2v) is 4.45. The summed E-state index contributed by atoms with van der Waals surface area (Å²) in [6, 6.07) is 4.69. The first-order valence-electron chi connectivity index (χ1n) is 5.60. The average molecular weight is 199 g/mol. The van der Waals surface area contributed by atoms with Crippen LogP contribution in [0.3, 0.4) is 0 Å². The highest BCUT2D eigenvalue weighted by Gasteiger charge is 2.24. The first-order chi connectivity index (χ1) is 7.38. The van der Waals surface area contributed by atoms with Crippen molar-refractivity contribution < 1.29 is 4.79 Å². The average Bonchev–Trinajstić information content (AvgIpc) is 2.82. The van der Waals surface area contributed by atoms with Crippen molar-refractivity contribution in [3.63, 3.8) is 0 Å². The fraction of sp³-hybridized carbons (Fsp3) is 0.462. The Morgan fingerprint density at radius 1 is 1.13 bits per heavy atom. The van der Waals surface area contributed by atoms with Crippen LogP contribution in [0.5, 0.6) is 0 Å². The zero-order chi connectivity index (χ0) is 10.3. The van der Waals surface area contributed by atoms with Crippen molar-refractivity contribution in [2.45, 2.75) is 38.1 Å². The predicted molar refractivity (Wildman–Crippen MR) is 57.7 cm³/mol. The zero-order valence-corrected chi connectivity index (χ0v) is 8.62. The number of hydrogen-bond donors (Lipinski definition) is 0. The van der Waals surface area contributed by atoms with Gasteiger partial charge in [-0.2, -0.15) is 4.99 Å². The van der Waals surface area contributed by atoms with Crippen LogP contribution in [0.2, 0.25) is 0 Å². The molecule has 2 aliphatic rings. The third-order valence-electron chi connectivity index (χ3n) is 3.61. The van der Waals surface area contributed by atoms with Gasteiger partial charge in [-0.25, -0.2) is 4.79 Å². The second kappa shape index (κ2) is 3.32. The predicted octanol–water partition coefficient (Wildman–Crippen LogP) is 2.50. The number of isocyanates is 1. The molecule has 2 aliphatic carbocycles. The Balaban J connectivity index is 2.09. The van der Waals surface area contributed by atoms with E-state index in [0.29, 0.717) is 0 Å². The van der Waals surface area contributed by atoms with Crippen LogP contribution in [-0.4, -0.2) is 6.08 Å². The Morgan fingerprint density at radius 2 is 1.93 bits per heavy atom. The van der Waals surface area contributed by atoms with Gasteiger partial charge >= 0.3 is 0 Å². The molecule has 76 valence electrons. The Morgan fingerprint density at radius 3 is 2.73 bits per heavy atom.